The maximum atomic E-state index is 13.4. The zero-order chi connectivity index (χ0) is 26.7. The third-order valence-electron chi connectivity index (χ3n) is 5.82. The van der Waals surface area contributed by atoms with Crippen molar-refractivity contribution in [3.05, 3.63) is 87.7 Å². The zero-order valence-corrected chi connectivity index (χ0v) is 22.6. The molecule has 0 unspecified atom stereocenters. The van der Waals surface area contributed by atoms with Crippen LogP contribution in [0.5, 0.6) is 0 Å². The van der Waals surface area contributed by atoms with Crippen molar-refractivity contribution in [3.63, 3.8) is 0 Å². The molecule has 37 heavy (non-hydrogen) atoms. The summed E-state index contributed by atoms with van der Waals surface area (Å²) >= 11 is 1.28. The number of aryl methyl sites for hydroxylation is 3. The van der Waals surface area contributed by atoms with E-state index in [1.807, 2.05) is 32.9 Å². The largest absolute Gasteiger partial charge is 0.465 e. The number of anilines is 1. The minimum Gasteiger partial charge on any atom is -0.465 e. The molecule has 192 valence electrons. The number of amides is 1. The van der Waals surface area contributed by atoms with E-state index in [1.165, 1.54) is 35.6 Å². The number of ether oxygens (including phenoxy) is 1. The molecule has 8 nitrogen and oxygen atoms in total. The fourth-order valence-electron chi connectivity index (χ4n) is 3.72. The minimum absolute atomic E-state index is 0.0832. The summed E-state index contributed by atoms with van der Waals surface area (Å²) in [5.41, 5.74) is 4.01. The van der Waals surface area contributed by atoms with E-state index in [4.69, 9.17) is 4.74 Å². The molecular weight excluding hydrogens is 510 g/mol. The number of para-hydroxylation sites is 1. The van der Waals surface area contributed by atoms with E-state index < -0.39 is 21.9 Å². The van der Waals surface area contributed by atoms with Crippen LogP contribution in [0.4, 0.5) is 5.69 Å². The summed E-state index contributed by atoms with van der Waals surface area (Å²) in [7, 11) is -3.93. The van der Waals surface area contributed by atoms with Crippen LogP contribution in [0.1, 0.15) is 34.0 Å². The van der Waals surface area contributed by atoms with Crippen molar-refractivity contribution < 1.29 is 22.7 Å². The van der Waals surface area contributed by atoms with Crippen LogP contribution in [0.2, 0.25) is 0 Å². The van der Waals surface area contributed by atoms with Crippen LogP contribution < -0.4 is 9.52 Å². The van der Waals surface area contributed by atoms with Gasteiger partial charge < -0.3 is 9.30 Å². The summed E-state index contributed by atoms with van der Waals surface area (Å²) in [5, 5.41) is 0. The molecule has 0 saturated carbocycles. The Kier molecular flexibility index (Phi) is 7.60. The number of rotatable bonds is 7. The summed E-state index contributed by atoms with van der Waals surface area (Å²) in [6, 6.07) is 16.7. The van der Waals surface area contributed by atoms with Gasteiger partial charge in [-0.3, -0.25) is 14.3 Å². The molecule has 1 amide bonds. The predicted molar refractivity (Wildman–Crippen MR) is 144 cm³/mol. The highest BCUT2D eigenvalue weighted by molar-refractivity contribution is 7.92. The van der Waals surface area contributed by atoms with Crippen LogP contribution in [0.15, 0.2) is 70.6 Å². The maximum Gasteiger partial charge on any atom is 0.326 e. The molecule has 1 N–H and O–H groups in total. The van der Waals surface area contributed by atoms with E-state index >= 15 is 0 Å². The van der Waals surface area contributed by atoms with Crippen molar-refractivity contribution in [2.24, 2.45) is 4.99 Å². The first kappa shape index (κ1) is 26.3. The second-order valence-corrected chi connectivity index (χ2v) is 11.3. The molecule has 0 atom stereocenters. The van der Waals surface area contributed by atoms with Gasteiger partial charge in [0.25, 0.3) is 15.9 Å². The molecule has 0 fully saturated rings. The highest BCUT2D eigenvalue weighted by atomic mass is 32.2. The Labute approximate surface area is 219 Å². The fourth-order valence-corrected chi connectivity index (χ4v) is 5.91. The van der Waals surface area contributed by atoms with Crippen molar-refractivity contribution in [2.75, 3.05) is 11.3 Å². The summed E-state index contributed by atoms with van der Waals surface area (Å²) in [6.45, 7) is 7.68. The second-order valence-electron chi connectivity index (χ2n) is 8.56. The number of hydrogen-bond acceptors (Lipinski definition) is 6. The molecule has 0 bridgehead atoms. The molecule has 1 aromatic heterocycles. The molecule has 0 aliphatic heterocycles. The number of thiazole rings is 1. The van der Waals surface area contributed by atoms with Gasteiger partial charge in [0.15, 0.2) is 4.80 Å². The fraction of sp³-hybridized carbons (Fsp3) is 0.222. The Bertz CT molecular complexity index is 1670. The lowest BCUT2D eigenvalue weighted by atomic mass is 10.1. The standard InChI is InChI=1S/C27H27N3O5S2/c1-5-35-25(31)16-30-23-14-18(3)19(4)15-24(23)36-27(30)28-26(32)21-8-6-7-9-22(21)29-37(33,34)20-12-10-17(2)11-13-20/h6-15,29H,5,16H2,1-4H3. The van der Waals surface area contributed by atoms with Crippen molar-refractivity contribution in [1.29, 1.82) is 0 Å². The van der Waals surface area contributed by atoms with Gasteiger partial charge in [-0.05, 0) is 75.2 Å². The summed E-state index contributed by atoms with van der Waals surface area (Å²) in [4.78, 5) is 30.4. The highest BCUT2D eigenvalue weighted by Crippen LogP contribution is 2.24. The maximum absolute atomic E-state index is 13.4. The van der Waals surface area contributed by atoms with E-state index in [9.17, 15) is 18.0 Å². The first-order valence-corrected chi connectivity index (χ1v) is 13.9. The van der Waals surface area contributed by atoms with Gasteiger partial charge in [0, 0.05) is 0 Å². The lowest BCUT2D eigenvalue weighted by molar-refractivity contribution is -0.143. The molecule has 4 rings (SSSR count). The van der Waals surface area contributed by atoms with Crippen molar-refractivity contribution in [3.8, 4) is 0 Å². The Hall–Kier alpha value is -3.76. The normalized spacial score (nSPS) is 12.1. The van der Waals surface area contributed by atoms with Crippen LogP contribution in [0.25, 0.3) is 10.2 Å². The molecular formula is C27H27N3O5S2. The van der Waals surface area contributed by atoms with E-state index in [-0.39, 0.29) is 29.3 Å². The van der Waals surface area contributed by atoms with E-state index in [1.54, 1.807) is 35.8 Å². The molecule has 0 aliphatic rings. The molecule has 0 spiro atoms. The Balaban J connectivity index is 1.77. The molecule has 3 aromatic carbocycles. The SMILES string of the molecule is CCOC(=O)Cn1c(=NC(=O)c2ccccc2NS(=O)(=O)c2ccc(C)cc2)sc2cc(C)c(C)cc21. The summed E-state index contributed by atoms with van der Waals surface area (Å²) in [6.07, 6.45) is 0. The molecule has 4 aromatic rings. The lowest BCUT2D eigenvalue weighted by Crippen LogP contribution is -2.23. The first-order chi connectivity index (χ1) is 17.6. The topological polar surface area (TPSA) is 107 Å². The van der Waals surface area contributed by atoms with Gasteiger partial charge in [0.1, 0.15) is 6.54 Å². The van der Waals surface area contributed by atoms with Gasteiger partial charge in [-0.1, -0.05) is 41.2 Å². The summed E-state index contributed by atoms with van der Waals surface area (Å²) in [5.74, 6) is -1.08. The number of hydrogen-bond donors (Lipinski definition) is 1. The Morgan fingerprint density at radius 1 is 1.00 bits per heavy atom. The van der Waals surface area contributed by atoms with E-state index in [2.05, 4.69) is 9.71 Å². The van der Waals surface area contributed by atoms with Gasteiger partial charge in [-0.15, -0.1) is 0 Å². The number of esters is 1. The van der Waals surface area contributed by atoms with Crippen LogP contribution in [0.3, 0.4) is 0 Å². The number of carbonyl (C=O) groups excluding carboxylic acids is 2. The number of sulfonamides is 1. The second kappa shape index (κ2) is 10.7. The zero-order valence-electron chi connectivity index (χ0n) is 20.9. The predicted octanol–water partition coefficient (Wildman–Crippen LogP) is 4.73. The van der Waals surface area contributed by atoms with Gasteiger partial charge in [0.2, 0.25) is 0 Å². The third kappa shape index (κ3) is 5.81. The molecule has 0 radical (unpaired) electrons. The number of carbonyl (C=O) groups is 2. The highest BCUT2D eigenvalue weighted by Gasteiger charge is 2.19. The average Bonchev–Trinajstić information content (AvgIpc) is 3.15. The molecule has 0 aliphatic carbocycles. The van der Waals surface area contributed by atoms with Crippen LogP contribution in [0, 0.1) is 20.8 Å². The van der Waals surface area contributed by atoms with Gasteiger partial charge in [-0.2, -0.15) is 4.99 Å². The Morgan fingerprint density at radius 3 is 2.38 bits per heavy atom. The van der Waals surface area contributed by atoms with E-state index in [0.717, 1.165) is 26.9 Å². The number of nitrogens with zero attached hydrogens (tertiary/aromatic N) is 2. The molecule has 10 heteroatoms. The van der Waals surface area contributed by atoms with Crippen molar-refractivity contribution in [2.45, 2.75) is 39.1 Å². The van der Waals surface area contributed by atoms with Crippen molar-refractivity contribution in [1.82, 2.24) is 4.57 Å². The Morgan fingerprint density at radius 2 is 1.68 bits per heavy atom. The smallest absolute Gasteiger partial charge is 0.326 e. The van der Waals surface area contributed by atoms with Gasteiger partial charge in [-0.25, -0.2) is 8.42 Å². The summed E-state index contributed by atoms with van der Waals surface area (Å²) < 4.78 is 36.1. The van der Waals surface area contributed by atoms with Crippen LogP contribution in [-0.4, -0.2) is 31.5 Å². The average molecular weight is 538 g/mol. The number of fused-ring (bicyclic) bond motifs is 1. The van der Waals surface area contributed by atoms with Gasteiger partial charge >= 0.3 is 5.97 Å². The minimum atomic E-state index is -3.93. The monoisotopic (exact) mass is 537 g/mol. The van der Waals surface area contributed by atoms with Crippen LogP contribution in [-0.2, 0) is 26.1 Å². The van der Waals surface area contributed by atoms with E-state index in [0.29, 0.717) is 4.80 Å². The quantitative estimate of drug-likeness (QED) is 0.343. The van der Waals surface area contributed by atoms with Crippen molar-refractivity contribution >= 4 is 49.1 Å². The number of nitrogens with one attached hydrogen (secondary N) is 1. The third-order valence-corrected chi connectivity index (χ3v) is 8.24. The van der Waals surface area contributed by atoms with Gasteiger partial charge in [0.05, 0.1) is 33.0 Å². The molecule has 1 heterocycles. The lowest BCUT2D eigenvalue weighted by Gasteiger charge is -2.11. The molecule has 0 saturated heterocycles. The number of aromatic nitrogens is 1. The van der Waals surface area contributed by atoms with Crippen LogP contribution >= 0.6 is 11.3 Å². The first-order valence-electron chi connectivity index (χ1n) is 11.6. The number of benzene rings is 3.